The first kappa shape index (κ1) is 17.9. The maximum absolute atomic E-state index is 12.4. The van der Waals surface area contributed by atoms with Gasteiger partial charge in [0.2, 0.25) is 10.0 Å². The van der Waals surface area contributed by atoms with Crippen LogP contribution < -0.4 is 4.72 Å². The fourth-order valence-electron chi connectivity index (χ4n) is 2.25. The van der Waals surface area contributed by atoms with Crippen molar-refractivity contribution in [2.24, 2.45) is 0 Å². The molecular weight excluding hydrogens is 332 g/mol. The van der Waals surface area contributed by atoms with E-state index < -0.39 is 10.0 Å². The Morgan fingerprint density at radius 1 is 1.09 bits per heavy atom. The van der Waals surface area contributed by atoms with Gasteiger partial charge in [0.25, 0.3) is 0 Å². The molecule has 0 amide bonds. The Balaban J connectivity index is 2.06. The molecule has 4 nitrogen and oxygen atoms in total. The van der Waals surface area contributed by atoms with Crippen LogP contribution in [0.5, 0.6) is 0 Å². The summed E-state index contributed by atoms with van der Waals surface area (Å²) in [4.78, 5) is 2.20. The van der Waals surface area contributed by atoms with Crippen LogP contribution in [0.3, 0.4) is 0 Å². The van der Waals surface area contributed by atoms with Crippen molar-refractivity contribution >= 4 is 21.6 Å². The van der Waals surface area contributed by atoms with Crippen LogP contribution in [0.4, 0.5) is 0 Å². The Kier molecular flexibility index (Phi) is 6.18. The third kappa shape index (κ3) is 5.32. The van der Waals surface area contributed by atoms with Gasteiger partial charge in [-0.2, -0.15) is 0 Å². The molecule has 0 aliphatic carbocycles. The van der Waals surface area contributed by atoms with Gasteiger partial charge in [0.1, 0.15) is 0 Å². The lowest BCUT2D eigenvalue weighted by molar-refractivity contribution is 0.291. The Hall–Kier alpha value is -1.40. The van der Waals surface area contributed by atoms with Crippen LogP contribution in [0, 0.1) is 0 Å². The highest BCUT2D eigenvalue weighted by Gasteiger charge is 2.18. The molecule has 0 fully saturated rings. The Labute approximate surface area is 143 Å². The average molecular weight is 353 g/mol. The molecular formula is C17H21ClN2O2S. The minimum atomic E-state index is -3.56. The van der Waals surface area contributed by atoms with E-state index in [1.165, 1.54) is 17.7 Å². The molecule has 2 aromatic carbocycles. The minimum Gasteiger partial charge on any atom is -0.305 e. The zero-order valence-electron chi connectivity index (χ0n) is 13.2. The van der Waals surface area contributed by atoms with Crippen LogP contribution in [0.25, 0.3) is 0 Å². The van der Waals surface area contributed by atoms with Crippen molar-refractivity contribution < 1.29 is 8.42 Å². The largest absolute Gasteiger partial charge is 0.305 e. The quantitative estimate of drug-likeness (QED) is 0.833. The first-order valence-corrected chi connectivity index (χ1v) is 9.20. The maximum Gasteiger partial charge on any atom is 0.240 e. The van der Waals surface area contributed by atoms with Crippen LogP contribution in [-0.4, -0.2) is 40.0 Å². The van der Waals surface area contributed by atoms with Crippen LogP contribution in [-0.2, 0) is 16.4 Å². The molecule has 2 aromatic rings. The standard InChI is InChI=1S/C17H21ClN2O2S/c1-20(2)16(11-14-7-4-3-5-8-14)13-19-23(21,22)17-10-6-9-15(18)12-17/h3-10,12,16,19H,11,13H2,1-2H3. The molecule has 0 aliphatic heterocycles. The van der Waals surface area contributed by atoms with E-state index in [1.807, 2.05) is 49.3 Å². The van der Waals surface area contributed by atoms with Crippen molar-refractivity contribution in [2.75, 3.05) is 20.6 Å². The molecule has 124 valence electrons. The number of likely N-dealkylation sites (N-methyl/N-ethyl adjacent to an activating group) is 1. The molecule has 0 aliphatic rings. The topological polar surface area (TPSA) is 49.4 Å². The SMILES string of the molecule is CN(C)C(CNS(=O)(=O)c1cccc(Cl)c1)Cc1ccccc1. The van der Waals surface area contributed by atoms with Crippen molar-refractivity contribution in [3.05, 3.63) is 65.2 Å². The lowest BCUT2D eigenvalue weighted by atomic mass is 10.1. The van der Waals surface area contributed by atoms with E-state index in [9.17, 15) is 8.42 Å². The van der Waals surface area contributed by atoms with Gasteiger partial charge in [-0.1, -0.05) is 48.0 Å². The lowest BCUT2D eigenvalue weighted by Gasteiger charge is -2.24. The number of hydrogen-bond donors (Lipinski definition) is 1. The molecule has 0 heterocycles. The lowest BCUT2D eigenvalue weighted by Crippen LogP contribution is -2.41. The number of halogens is 1. The summed E-state index contributed by atoms with van der Waals surface area (Å²) in [6.07, 6.45) is 0.770. The van der Waals surface area contributed by atoms with Crippen molar-refractivity contribution in [1.82, 2.24) is 9.62 Å². The summed E-state index contributed by atoms with van der Waals surface area (Å²) < 4.78 is 27.4. The van der Waals surface area contributed by atoms with Gasteiger partial charge in [-0.3, -0.25) is 0 Å². The highest BCUT2D eigenvalue weighted by molar-refractivity contribution is 7.89. The fourth-order valence-corrected chi connectivity index (χ4v) is 3.62. The fraction of sp³-hybridized carbons (Fsp3) is 0.294. The second-order valence-electron chi connectivity index (χ2n) is 5.62. The van der Waals surface area contributed by atoms with Crippen LogP contribution >= 0.6 is 11.6 Å². The van der Waals surface area contributed by atoms with Gasteiger partial charge in [0.15, 0.2) is 0 Å². The van der Waals surface area contributed by atoms with Crippen LogP contribution in [0.15, 0.2) is 59.5 Å². The summed E-state index contributed by atoms with van der Waals surface area (Å²) in [7, 11) is 0.327. The predicted molar refractivity (Wildman–Crippen MR) is 94.3 cm³/mol. The monoisotopic (exact) mass is 352 g/mol. The number of nitrogens with one attached hydrogen (secondary N) is 1. The van der Waals surface area contributed by atoms with Crippen LogP contribution in [0.1, 0.15) is 5.56 Å². The summed E-state index contributed by atoms with van der Waals surface area (Å²) in [6, 6.07) is 16.4. The van der Waals surface area contributed by atoms with Gasteiger partial charge in [-0.05, 0) is 44.3 Å². The van der Waals surface area contributed by atoms with Crippen LogP contribution in [0.2, 0.25) is 5.02 Å². The number of hydrogen-bond acceptors (Lipinski definition) is 3. The van der Waals surface area contributed by atoms with E-state index in [0.717, 1.165) is 6.42 Å². The first-order valence-electron chi connectivity index (χ1n) is 7.34. The highest BCUT2D eigenvalue weighted by Crippen LogP contribution is 2.15. The Morgan fingerprint density at radius 3 is 2.39 bits per heavy atom. The van der Waals surface area contributed by atoms with E-state index in [4.69, 9.17) is 11.6 Å². The van der Waals surface area contributed by atoms with Crippen molar-refractivity contribution in [3.63, 3.8) is 0 Å². The molecule has 2 rings (SSSR count). The van der Waals surface area contributed by atoms with Gasteiger partial charge in [-0.15, -0.1) is 0 Å². The average Bonchev–Trinajstić information content (AvgIpc) is 2.52. The van der Waals surface area contributed by atoms with Gasteiger partial charge in [0, 0.05) is 17.6 Å². The molecule has 0 spiro atoms. The summed E-state index contributed by atoms with van der Waals surface area (Å²) in [6.45, 7) is 0.330. The maximum atomic E-state index is 12.4. The van der Waals surface area contributed by atoms with Crippen molar-refractivity contribution in [1.29, 1.82) is 0 Å². The smallest absolute Gasteiger partial charge is 0.240 e. The van der Waals surface area contributed by atoms with E-state index in [2.05, 4.69) is 4.72 Å². The second-order valence-corrected chi connectivity index (χ2v) is 7.82. The number of nitrogens with zero attached hydrogens (tertiary/aromatic N) is 1. The van der Waals surface area contributed by atoms with Crippen molar-refractivity contribution in [2.45, 2.75) is 17.4 Å². The summed E-state index contributed by atoms with van der Waals surface area (Å²) >= 11 is 5.87. The molecule has 0 bridgehead atoms. The molecule has 6 heteroatoms. The minimum absolute atomic E-state index is 0.0614. The molecule has 23 heavy (non-hydrogen) atoms. The van der Waals surface area contributed by atoms with Crippen molar-refractivity contribution in [3.8, 4) is 0 Å². The van der Waals surface area contributed by atoms with E-state index in [0.29, 0.717) is 11.6 Å². The molecule has 0 saturated heterocycles. The van der Waals surface area contributed by atoms with E-state index in [-0.39, 0.29) is 10.9 Å². The first-order chi connectivity index (χ1) is 10.9. The summed E-state index contributed by atoms with van der Waals surface area (Å²) in [5.74, 6) is 0. The Bertz CT molecular complexity index is 733. The third-order valence-corrected chi connectivity index (χ3v) is 5.32. The molecule has 0 radical (unpaired) electrons. The number of rotatable bonds is 7. The third-order valence-electron chi connectivity index (χ3n) is 3.66. The zero-order chi connectivity index (χ0) is 16.9. The van der Waals surface area contributed by atoms with Gasteiger partial charge < -0.3 is 4.90 Å². The van der Waals surface area contributed by atoms with E-state index >= 15 is 0 Å². The van der Waals surface area contributed by atoms with Gasteiger partial charge >= 0.3 is 0 Å². The molecule has 0 aromatic heterocycles. The zero-order valence-corrected chi connectivity index (χ0v) is 14.8. The predicted octanol–water partition coefficient (Wildman–Crippen LogP) is 2.79. The normalized spacial score (nSPS) is 13.2. The Morgan fingerprint density at radius 2 is 1.78 bits per heavy atom. The molecule has 1 N–H and O–H groups in total. The number of benzene rings is 2. The van der Waals surface area contributed by atoms with E-state index in [1.54, 1.807) is 12.1 Å². The summed E-state index contributed by atoms with van der Waals surface area (Å²) in [5, 5.41) is 0.404. The number of sulfonamides is 1. The molecule has 1 unspecified atom stereocenters. The van der Waals surface area contributed by atoms with Gasteiger partial charge in [-0.25, -0.2) is 13.1 Å². The highest BCUT2D eigenvalue weighted by atomic mass is 35.5. The van der Waals surface area contributed by atoms with Gasteiger partial charge in [0.05, 0.1) is 4.90 Å². The summed E-state index contributed by atoms with van der Waals surface area (Å²) in [5.41, 5.74) is 1.17. The second kappa shape index (κ2) is 7.93. The molecule has 1 atom stereocenters. The molecule has 0 saturated carbocycles.